The molecule has 0 bridgehead atoms. The summed E-state index contributed by atoms with van der Waals surface area (Å²) in [4.78, 5) is 23.8. The summed E-state index contributed by atoms with van der Waals surface area (Å²) in [5.41, 5.74) is 5.58. The van der Waals surface area contributed by atoms with E-state index in [2.05, 4.69) is 56.1 Å². The molecule has 0 fully saturated rings. The van der Waals surface area contributed by atoms with E-state index in [0.717, 1.165) is 22.2 Å². The third-order valence-electron chi connectivity index (χ3n) is 5.41. The normalized spacial score (nSPS) is 16.1. The zero-order valence-corrected chi connectivity index (χ0v) is 17.4. The summed E-state index contributed by atoms with van der Waals surface area (Å²) >= 11 is 3.38. The highest BCUT2D eigenvalue weighted by atomic mass is 79.9. The molecule has 3 aromatic heterocycles. The lowest BCUT2D eigenvalue weighted by atomic mass is 9.91. The zero-order valence-electron chi connectivity index (χ0n) is 15.8. The van der Waals surface area contributed by atoms with Gasteiger partial charge in [0.2, 0.25) is 0 Å². The van der Waals surface area contributed by atoms with Crippen LogP contribution in [-0.2, 0) is 6.42 Å². The summed E-state index contributed by atoms with van der Waals surface area (Å²) in [7, 11) is 0. The van der Waals surface area contributed by atoms with Crippen molar-refractivity contribution in [2.24, 2.45) is 0 Å². The number of hydrogen-bond acceptors (Lipinski definition) is 4. The van der Waals surface area contributed by atoms with Gasteiger partial charge in [-0.2, -0.15) is 5.10 Å². The van der Waals surface area contributed by atoms with Gasteiger partial charge in [0.1, 0.15) is 0 Å². The van der Waals surface area contributed by atoms with Gasteiger partial charge in [-0.1, -0.05) is 18.2 Å². The number of rotatable bonds is 2. The Hall–Kier alpha value is -3.06. The Kier molecular flexibility index (Phi) is 4.39. The number of carbonyl (C=O) groups excluding carboxylic acids is 1. The molecule has 0 aliphatic carbocycles. The van der Waals surface area contributed by atoms with E-state index in [-0.39, 0.29) is 11.9 Å². The Morgan fingerprint density at radius 3 is 2.90 bits per heavy atom. The third-order valence-corrected chi connectivity index (χ3v) is 5.81. The van der Waals surface area contributed by atoms with Crippen LogP contribution in [0.2, 0.25) is 0 Å². The second-order valence-corrected chi connectivity index (χ2v) is 8.07. The minimum Gasteiger partial charge on any atom is -0.330 e. The van der Waals surface area contributed by atoms with E-state index in [1.165, 1.54) is 11.1 Å². The second-order valence-electron chi connectivity index (χ2n) is 7.16. The van der Waals surface area contributed by atoms with Crippen molar-refractivity contribution < 1.29 is 4.79 Å². The molecule has 6 nitrogen and oxygen atoms in total. The first-order valence-electron chi connectivity index (χ1n) is 9.46. The second kappa shape index (κ2) is 7.08. The molecule has 0 saturated carbocycles. The summed E-state index contributed by atoms with van der Waals surface area (Å²) in [6.45, 7) is 2.73. The van der Waals surface area contributed by atoms with Gasteiger partial charge in [-0.3, -0.25) is 9.78 Å². The minimum absolute atomic E-state index is 0.0199. The Morgan fingerprint density at radius 2 is 2.07 bits per heavy atom. The topological polar surface area (TPSA) is 63.4 Å². The van der Waals surface area contributed by atoms with Crippen molar-refractivity contribution in [3.63, 3.8) is 0 Å². The van der Waals surface area contributed by atoms with E-state index in [4.69, 9.17) is 0 Å². The minimum atomic E-state index is -0.0708. The van der Waals surface area contributed by atoms with Gasteiger partial charge in [0.05, 0.1) is 16.2 Å². The smallest absolute Gasteiger partial charge is 0.274 e. The molecule has 0 saturated heterocycles. The predicted octanol–water partition coefficient (Wildman–Crippen LogP) is 4.31. The van der Waals surface area contributed by atoms with Crippen molar-refractivity contribution >= 4 is 27.5 Å². The van der Waals surface area contributed by atoms with Crippen LogP contribution in [-0.4, -0.2) is 36.9 Å². The van der Waals surface area contributed by atoms with Gasteiger partial charge in [0.15, 0.2) is 11.3 Å². The SMILES string of the molecule is CC1c2ccc(-c3ccccn3)cc2CCN1C(=O)c1cc2ncc(Br)cn2n1. The first-order chi connectivity index (χ1) is 14.1. The van der Waals surface area contributed by atoms with Gasteiger partial charge in [0, 0.05) is 36.8 Å². The number of aromatic nitrogens is 4. The van der Waals surface area contributed by atoms with Crippen molar-refractivity contribution in [1.29, 1.82) is 0 Å². The Labute approximate surface area is 176 Å². The number of fused-ring (bicyclic) bond motifs is 2. The number of amides is 1. The van der Waals surface area contributed by atoms with Crippen LogP contribution in [0.4, 0.5) is 0 Å². The summed E-state index contributed by atoms with van der Waals surface area (Å²) in [6, 6.07) is 14.0. The molecule has 1 aromatic carbocycles. The maximum Gasteiger partial charge on any atom is 0.274 e. The van der Waals surface area contributed by atoms with Gasteiger partial charge in [-0.05, 0) is 58.6 Å². The van der Waals surface area contributed by atoms with Crippen molar-refractivity contribution in [1.82, 2.24) is 24.5 Å². The van der Waals surface area contributed by atoms with E-state index < -0.39 is 0 Å². The van der Waals surface area contributed by atoms with E-state index in [9.17, 15) is 4.79 Å². The summed E-state index contributed by atoms with van der Waals surface area (Å²) in [6.07, 6.45) is 6.11. The number of hydrogen-bond donors (Lipinski definition) is 0. The Balaban J connectivity index is 1.44. The molecule has 1 amide bonds. The first-order valence-corrected chi connectivity index (χ1v) is 10.3. The lowest BCUT2D eigenvalue weighted by molar-refractivity contribution is 0.0671. The fourth-order valence-corrected chi connectivity index (χ4v) is 4.20. The zero-order chi connectivity index (χ0) is 20.0. The number of carbonyl (C=O) groups is 1. The molecule has 0 radical (unpaired) electrons. The van der Waals surface area contributed by atoms with Gasteiger partial charge in [-0.25, -0.2) is 9.50 Å². The van der Waals surface area contributed by atoms with Gasteiger partial charge in [-0.15, -0.1) is 0 Å². The predicted molar refractivity (Wildman–Crippen MR) is 114 cm³/mol. The molecule has 1 atom stereocenters. The largest absolute Gasteiger partial charge is 0.330 e. The number of benzene rings is 1. The molecule has 29 heavy (non-hydrogen) atoms. The van der Waals surface area contributed by atoms with Crippen molar-refractivity contribution in [3.8, 4) is 11.3 Å². The number of nitrogens with zero attached hydrogens (tertiary/aromatic N) is 5. The summed E-state index contributed by atoms with van der Waals surface area (Å²) < 4.78 is 2.44. The van der Waals surface area contributed by atoms with E-state index in [0.29, 0.717) is 17.9 Å². The molecule has 1 unspecified atom stereocenters. The molecule has 144 valence electrons. The fourth-order valence-electron chi connectivity index (χ4n) is 3.91. The molecular weight excluding hydrogens is 430 g/mol. The first kappa shape index (κ1) is 18.0. The molecule has 4 heterocycles. The standard InChI is InChI=1S/C22H18BrN5O/c1-14-18-6-5-16(19-4-2-3-8-24-19)10-15(18)7-9-27(14)22(29)20-11-21-25-12-17(23)13-28(21)26-20/h2-6,8,10-14H,7,9H2,1H3. The highest BCUT2D eigenvalue weighted by molar-refractivity contribution is 9.10. The fraction of sp³-hybridized carbons (Fsp3) is 0.182. The van der Waals surface area contributed by atoms with E-state index in [1.54, 1.807) is 29.2 Å². The molecule has 0 N–H and O–H groups in total. The number of pyridine rings is 1. The summed E-state index contributed by atoms with van der Waals surface area (Å²) in [5, 5.41) is 4.42. The molecular formula is C22H18BrN5O. The lowest BCUT2D eigenvalue weighted by Crippen LogP contribution is -2.39. The van der Waals surface area contributed by atoms with Crippen molar-refractivity contribution in [2.45, 2.75) is 19.4 Å². The molecule has 4 aromatic rings. The Morgan fingerprint density at radius 1 is 1.17 bits per heavy atom. The van der Waals surface area contributed by atoms with Gasteiger partial charge in [0.25, 0.3) is 5.91 Å². The van der Waals surface area contributed by atoms with Crippen molar-refractivity contribution in [2.75, 3.05) is 6.54 Å². The molecule has 0 spiro atoms. The van der Waals surface area contributed by atoms with Crippen LogP contribution >= 0.6 is 15.9 Å². The van der Waals surface area contributed by atoms with Gasteiger partial charge < -0.3 is 4.90 Å². The average Bonchev–Trinajstić information content (AvgIpc) is 3.17. The third kappa shape index (κ3) is 3.21. The van der Waals surface area contributed by atoms with Crippen LogP contribution in [0.3, 0.4) is 0 Å². The molecule has 7 heteroatoms. The van der Waals surface area contributed by atoms with Crippen LogP contribution in [0.5, 0.6) is 0 Å². The van der Waals surface area contributed by atoms with Crippen LogP contribution in [0.15, 0.2) is 65.5 Å². The highest BCUT2D eigenvalue weighted by Gasteiger charge is 2.30. The maximum absolute atomic E-state index is 13.2. The van der Waals surface area contributed by atoms with Gasteiger partial charge >= 0.3 is 0 Å². The van der Waals surface area contributed by atoms with Crippen molar-refractivity contribution in [3.05, 3.63) is 82.3 Å². The monoisotopic (exact) mass is 447 g/mol. The summed E-state index contributed by atoms with van der Waals surface area (Å²) in [5.74, 6) is -0.0708. The van der Waals surface area contributed by atoms with Crippen LogP contribution in [0.25, 0.3) is 16.9 Å². The van der Waals surface area contributed by atoms with Crippen LogP contribution < -0.4 is 0 Å². The maximum atomic E-state index is 13.2. The van der Waals surface area contributed by atoms with E-state index in [1.807, 2.05) is 23.1 Å². The van der Waals surface area contributed by atoms with Crippen LogP contribution in [0.1, 0.15) is 34.6 Å². The molecule has 5 rings (SSSR count). The number of halogens is 1. The highest BCUT2D eigenvalue weighted by Crippen LogP contribution is 2.33. The lowest BCUT2D eigenvalue weighted by Gasteiger charge is -2.35. The molecule has 1 aliphatic heterocycles. The Bertz CT molecular complexity index is 1220. The van der Waals surface area contributed by atoms with E-state index >= 15 is 0 Å². The molecule has 1 aliphatic rings. The average molecular weight is 448 g/mol. The quantitative estimate of drug-likeness (QED) is 0.459. The van der Waals surface area contributed by atoms with Crippen LogP contribution in [0, 0.1) is 0 Å².